The second-order valence-electron chi connectivity index (χ2n) is 7.49. The van der Waals surface area contributed by atoms with Crippen LogP contribution in [0.3, 0.4) is 0 Å². The SMILES string of the molecule is Cc1cc(C(CCc2ccc(C(F)(F)F)cc2)N(C)C(C(N)=O)c2ccccc2)no1. The molecule has 0 fully saturated rings. The quantitative estimate of drug-likeness (QED) is 0.554. The lowest BCUT2D eigenvalue weighted by atomic mass is 9.97. The Labute approximate surface area is 178 Å². The number of nitrogens with two attached hydrogens (primary N) is 1. The van der Waals surface area contributed by atoms with Gasteiger partial charge < -0.3 is 10.3 Å². The van der Waals surface area contributed by atoms with Crippen LogP contribution < -0.4 is 5.73 Å². The molecule has 2 N–H and O–H groups in total. The molecule has 2 unspecified atom stereocenters. The molecular formula is C23H24F3N3O2. The van der Waals surface area contributed by atoms with Crippen LogP contribution in [0, 0.1) is 6.92 Å². The summed E-state index contributed by atoms with van der Waals surface area (Å²) in [6.07, 6.45) is -3.38. The molecule has 0 radical (unpaired) electrons. The average molecular weight is 431 g/mol. The van der Waals surface area contributed by atoms with Crippen molar-refractivity contribution in [3.05, 3.63) is 88.8 Å². The first-order valence-corrected chi connectivity index (χ1v) is 9.82. The summed E-state index contributed by atoms with van der Waals surface area (Å²) < 4.78 is 43.7. The van der Waals surface area contributed by atoms with Crippen LogP contribution in [0.4, 0.5) is 13.2 Å². The van der Waals surface area contributed by atoms with E-state index >= 15 is 0 Å². The van der Waals surface area contributed by atoms with Gasteiger partial charge in [-0.1, -0.05) is 47.6 Å². The van der Waals surface area contributed by atoms with Gasteiger partial charge >= 0.3 is 6.18 Å². The Hall–Kier alpha value is -3.13. The molecular weight excluding hydrogens is 407 g/mol. The van der Waals surface area contributed by atoms with Crippen molar-refractivity contribution in [3.8, 4) is 0 Å². The van der Waals surface area contributed by atoms with E-state index in [0.717, 1.165) is 23.3 Å². The predicted octanol–water partition coefficient (Wildman–Crippen LogP) is 4.83. The molecule has 3 rings (SSSR count). The van der Waals surface area contributed by atoms with E-state index in [-0.39, 0.29) is 6.04 Å². The number of carbonyl (C=O) groups excluding carboxylic acids is 1. The van der Waals surface area contributed by atoms with Crippen molar-refractivity contribution in [2.24, 2.45) is 5.73 Å². The van der Waals surface area contributed by atoms with Gasteiger partial charge in [0, 0.05) is 6.07 Å². The molecule has 164 valence electrons. The standard InChI is InChI=1S/C23H24F3N3O2/c1-15-14-19(28-31-15)20(13-10-16-8-11-18(12-9-16)23(24,25)26)29(2)21(22(27)30)17-6-4-3-5-7-17/h3-9,11-12,14,20-21H,10,13H2,1-2H3,(H2,27,30). The monoisotopic (exact) mass is 431 g/mol. The first kappa shape index (κ1) is 22.6. The summed E-state index contributed by atoms with van der Waals surface area (Å²) >= 11 is 0. The minimum Gasteiger partial charge on any atom is -0.368 e. The zero-order valence-electron chi connectivity index (χ0n) is 17.3. The van der Waals surface area contributed by atoms with Gasteiger partial charge in [-0.05, 0) is 50.1 Å². The molecule has 0 bridgehead atoms. The summed E-state index contributed by atoms with van der Waals surface area (Å²) in [4.78, 5) is 14.2. The van der Waals surface area contributed by atoms with Gasteiger partial charge in [-0.3, -0.25) is 9.69 Å². The largest absolute Gasteiger partial charge is 0.416 e. The highest BCUT2D eigenvalue weighted by molar-refractivity contribution is 5.81. The van der Waals surface area contributed by atoms with Gasteiger partial charge in [-0.2, -0.15) is 13.2 Å². The summed E-state index contributed by atoms with van der Waals surface area (Å²) in [6.45, 7) is 1.77. The first-order valence-electron chi connectivity index (χ1n) is 9.82. The van der Waals surface area contributed by atoms with Crippen LogP contribution >= 0.6 is 0 Å². The van der Waals surface area contributed by atoms with Gasteiger partial charge in [0.15, 0.2) is 0 Å². The number of benzene rings is 2. The van der Waals surface area contributed by atoms with Gasteiger partial charge in [-0.15, -0.1) is 0 Å². The number of amides is 1. The van der Waals surface area contributed by atoms with Gasteiger partial charge in [-0.25, -0.2) is 0 Å². The third kappa shape index (κ3) is 5.52. The van der Waals surface area contributed by atoms with E-state index in [1.54, 1.807) is 20.0 Å². The van der Waals surface area contributed by atoms with Crippen molar-refractivity contribution >= 4 is 5.91 Å². The van der Waals surface area contributed by atoms with Crippen molar-refractivity contribution in [2.75, 3.05) is 7.05 Å². The fraction of sp³-hybridized carbons (Fsp3) is 0.304. The van der Waals surface area contributed by atoms with Crippen molar-refractivity contribution in [3.63, 3.8) is 0 Å². The topological polar surface area (TPSA) is 72.4 Å². The van der Waals surface area contributed by atoms with Gasteiger partial charge in [0.25, 0.3) is 0 Å². The number of nitrogens with zero attached hydrogens (tertiary/aromatic N) is 2. The highest BCUT2D eigenvalue weighted by atomic mass is 19.4. The summed E-state index contributed by atoms with van der Waals surface area (Å²) in [7, 11) is 1.78. The Balaban J connectivity index is 1.85. The third-order valence-corrected chi connectivity index (χ3v) is 5.26. The number of aryl methyl sites for hydroxylation is 2. The lowest BCUT2D eigenvalue weighted by molar-refractivity contribution is -0.137. The smallest absolute Gasteiger partial charge is 0.368 e. The van der Waals surface area contributed by atoms with E-state index in [9.17, 15) is 18.0 Å². The molecule has 2 atom stereocenters. The van der Waals surface area contributed by atoms with E-state index in [2.05, 4.69) is 5.16 Å². The van der Waals surface area contributed by atoms with Crippen LogP contribution in [0.15, 0.2) is 65.2 Å². The minimum atomic E-state index is -4.37. The average Bonchev–Trinajstić information content (AvgIpc) is 3.14. The highest BCUT2D eigenvalue weighted by Gasteiger charge is 2.32. The molecule has 1 amide bonds. The highest BCUT2D eigenvalue weighted by Crippen LogP contribution is 2.33. The Morgan fingerprint density at radius 1 is 1.13 bits per heavy atom. The third-order valence-electron chi connectivity index (χ3n) is 5.26. The van der Waals surface area contributed by atoms with E-state index in [1.807, 2.05) is 35.2 Å². The Kier molecular flexibility index (Phi) is 6.80. The number of rotatable bonds is 8. The number of alkyl halides is 3. The van der Waals surface area contributed by atoms with Gasteiger partial charge in [0.2, 0.25) is 5.91 Å². The van der Waals surface area contributed by atoms with Crippen molar-refractivity contribution in [2.45, 2.75) is 38.0 Å². The number of primary amides is 1. The van der Waals surface area contributed by atoms with Crippen LogP contribution in [0.2, 0.25) is 0 Å². The first-order chi connectivity index (χ1) is 14.7. The molecule has 1 aromatic heterocycles. The zero-order chi connectivity index (χ0) is 22.6. The lowest BCUT2D eigenvalue weighted by Crippen LogP contribution is -2.38. The van der Waals surface area contributed by atoms with Gasteiger partial charge in [0.05, 0.1) is 11.6 Å². The van der Waals surface area contributed by atoms with Crippen LogP contribution in [0.1, 0.15) is 46.6 Å². The van der Waals surface area contributed by atoms with E-state index in [0.29, 0.717) is 24.3 Å². The van der Waals surface area contributed by atoms with Crippen LogP contribution in [-0.2, 0) is 17.4 Å². The summed E-state index contributed by atoms with van der Waals surface area (Å²) in [5.41, 5.74) is 7.17. The van der Waals surface area contributed by atoms with Crippen molar-refractivity contribution < 1.29 is 22.5 Å². The van der Waals surface area contributed by atoms with Crippen molar-refractivity contribution in [1.82, 2.24) is 10.1 Å². The maximum absolute atomic E-state index is 12.8. The summed E-state index contributed by atoms with van der Waals surface area (Å²) in [6, 6.07) is 15.0. The van der Waals surface area contributed by atoms with Crippen LogP contribution in [0.25, 0.3) is 0 Å². The number of carbonyl (C=O) groups is 1. The molecule has 3 aromatic rings. The summed E-state index contributed by atoms with van der Waals surface area (Å²) in [5, 5.41) is 4.11. The van der Waals surface area contributed by atoms with E-state index in [4.69, 9.17) is 10.3 Å². The fourth-order valence-electron chi connectivity index (χ4n) is 3.68. The van der Waals surface area contributed by atoms with E-state index in [1.165, 1.54) is 12.1 Å². The van der Waals surface area contributed by atoms with Crippen molar-refractivity contribution in [1.29, 1.82) is 0 Å². The molecule has 2 aromatic carbocycles. The minimum absolute atomic E-state index is 0.336. The second-order valence-corrected chi connectivity index (χ2v) is 7.49. The molecule has 0 aliphatic rings. The molecule has 0 saturated heterocycles. The number of hydrogen-bond donors (Lipinski definition) is 1. The molecule has 8 heteroatoms. The number of aromatic nitrogens is 1. The Morgan fingerprint density at radius 2 is 1.77 bits per heavy atom. The maximum Gasteiger partial charge on any atom is 0.416 e. The molecule has 1 heterocycles. The molecule has 0 saturated carbocycles. The molecule has 0 aliphatic heterocycles. The number of hydrogen-bond acceptors (Lipinski definition) is 4. The maximum atomic E-state index is 12.8. The molecule has 31 heavy (non-hydrogen) atoms. The predicted molar refractivity (Wildman–Crippen MR) is 110 cm³/mol. The Morgan fingerprint density at radius 3 is 2.29 bits per heavy atom. The second kappa shape index (κ2) is 9.34. The Bertz CT molecular complexity index is 1000. The summed E-state index contributed by atoms with van der Waals surface area (Å²) in [5.74, 6) is 0.117. The molecule has 0 aliphatic carbocycles. The number of halogens is 3. The van der Waals surface area contributed by atoms with Gasteiger partial charge in [0.1, 0.15) is 17.5 Å². The number of likely N-dealkylation sites (N-methyl/N-ethyl adjacent to an activating group) is 1. The zero-order valence-corrected chi connectivity index (χ0v) is 17.3. The fourth-order valence-corrected chi connectivity index (χ4v) is 3.68. The van der Waals surface area contributed by atoms with E-state index < -0.39 is 23.7 Å². The lowest BCUT2D eigenvalue weighted by Gasteiger charge is -2.32. The molecule has 5 nitrogen and oxygen atoms in total. The van der Waals surface area contributed by atoms with Crippen LogP contribution in [0.5, 0.6) is 0 Å². The molecule has 0 spiro atoms. The van der Waals surface area contributed by atoms with Crippen LogP contribution in [-0.4, -0.2) is 23.0 Å². The normalized spacial score (nSPS) is 13.9.